The zero-order chi connectivity index (χ0) is 13.7. The first-order valence-corrected chi connectivity index (χ1v) is 6.85. The van der Waals surface area contributed by atoms with Crippen molar-refractivity contribution in [3.63, 3.8) is 0 Å². The number of nitrogens with one attached hydrogen (secondary N) is 1. The number of benzene rings is 2. The van der Waals surface area contributed by atoms with E-state index >= 15 is 0 Å². The first-order valence-electron chi connectivity index (χ1n) is 6.47. The zero-order valence-corrected chi connectivity index (χ0v) is 11.6. The molecule has 0 aliphatic heterocycles. The molecule has 0 heterocycles. The van der Waals surface area contributed by atoms with Crippen LogP contribution in [0.2, 0.25) is 5.02 Å². The van der Waals surface area contributed by atoms with Gasteiger partial charge in [0.2, 0.25) is 0 Å². The lowest BCUT2D eigenvalue weighted by atomic mass is 10.0. The molecule has 0 spiro atoms. The van der Waals surface area contributed by atoms with E-state index in [4.69, 9.17) is 11.6 Å². The Morgan fingerprint density at radius 3 is 2.58 bits per heavy atom. The van der Waals surface area contributed by atoms with Crippen LogP contribution in [0.4, 0.5) is 10.1 Å². The molecule has 1 nitrogen and oxygen atoms in total. The molecule has 0 amide bonds. The molecule has 0 fully saturated rings. The first-order chi connectivity index (χ1) is 9.20. The fraction of sp³-hybridized carbons (Fsp3) is 0.250. The highest BCUT2D eigenvalue weighted by atomic mass is 35.5. The summed E-state index contributed by atoms with van der Waals surface area (Å²) in [6, 6.07) is 14.7. The van der Waals surface area contributed by atoms with Crippen molar-refractivity contribution < 1.29 is 4.39 Å². The molecule has 0 aliphatic carbocycles. The van der Waals surface area contributed by atoms with E-state index in [1.54, 1.807) is 12.1 Å². The Bertz CT molecular complexity index is 528. The van der Waals surface area contributed by atoms with E-state index in [1.807, 2.05) is 18.2 Å². The number of hydrogen-bond acceptors (Lipinski definition) is 1. The molecule has 0 saturated carbocycles. The quantitative estimate of drug-likeness (QED) is 0.768. The van der Waals surface area contributed by atoms with Gasteiger partial charge < -0.3 is 5.32 Å². The molecule has 1 unspecified atom stereocenters. The third kappa shape index (κ3) is 3.71. The summed E-state index contributed by atoms with van der Waals surface area (Å²) >= 11 is 5.92. The van der Waals surface area contributed by atoms with Gasteiger partial charge in [-0.2, -0.15) is 0 Å². The smallest absolute Gasteiger partial charge is 0.146 e. The fourth-order valence-corrected chi connectivity index (χ4v) is 2.26. The zero-order valence-electron chi connectivity index (χ0n) is 10.9. The predicted octanol–water partition coefficient (Wildman–Crippen LogP) is 5.43. The first kappa shape index (κ1) is 13.9. The van der Waals surface area contributed by atoms with Crippen LogP contribution in [0.5, 0.6) is 0 Å². The van der Waals surface area contributed by atoms with Gasteiger partial charge in [0, 0.05) is 5.02 Å². The minimum Gasteiger partial charge on any atom is -0.376 e. The maximum atomic E-state index is 13.8. The van der Waals surface area contributed by atoms with Crippen LogP contribution in [0.25, 0.3) is 0 Å². The summed E-state index contributed by atoms with van der Waals surface area (Å²) in [5, 5.41) is 3.78. The van der Waals surface area contributed by atoms with Gasteiger partial charge in [0.15, 0.2) is 0 Å². The van der Waals surface area contributed by atoms with Gasteiger partial charge in [0.05, 0.1) is 11.7 Å². The summed E-state index contributed by atoms with van der Waals surface area (Å²) in [7, 11) is 0. The molecular formula is C16H17ClFN. The Balaban J connectivity index is 2.24. The van der Waals surface area contributed by atoms with Crippen molar-refractivity contribution >= 4 is 17.3 Å². The lowest BCUT2D eigenvalue weighted by Gasteiger charge is -2.20. The third-order valence-corrected chi connectivity index (χ3v) is 3.27. The Kier molecular flexibility index (Phi) is 4.80. The van der Waals surface area contributed by atoms with Gasteiger partial charge in [-0.25, -0.2) is 4.39 Å². The molecule has 0 aliphatic rings. The normalized spacial score (nSPS) is 12.2. The predicted molar refractivity (Wildman–Crippen MR) is 79.1 cm³/mol. The van der Waals surface area contributed by atoms with E-state index < -0.39 is 0 Å². The third-order valence-electron chi connectivity index (χ3n) is 3.04. The van der Waals surface area contributed by atoms with Crippen LogP contribution < -0.4 is 5.32 Å². The van der Waals surface area contributed by atoms with Crippen molar-refractivity contribution in [2.45, 2.75) is 25.8 Å². The van der Waals surface area contributed by atoms with E-state index in [9.17, 15) is 4.39 Å². The lowest BCUT2D eigenvalue weighted by molar-refractivity contribution is 0.618. The number of rotatable bonds is 5. The second kappa shape index (κ2) is 6.58. The second-order valence-corrected chi connectivity index (χ2v) is 4.96. The maximum Gasteiger partial charge on any atom is 0.146 e. The topological polar surface area (TPSA) is 12.0 Å². The van der Waals surface area contributed by atoms with Gasteiger partial charge in [-0.05, 0) is 30.2 Å². The van der Waals surface area contributed by atoms with Crippen molar-refractivity contribution in [2.24, 2.45) is 0 Å². The van der Waals surface area contributed by atoms with E-state index in [0.29, 0.717) is 10.7 Å². The summed E-state index contributed by atoms with van der Waals surface area (Å²) in [4.78, 5) is 0. The van der Waals surface area contributed by atoms with Gasteiger partial charge in [0.1, 0.15) is 5.82 Å². The summed E-state index contributed by atoms with van der Waals surface area (Å²) in [6.45, 7) is 2.12. The van der Waals surface area contributed by atoms with Gasteiger partial charge in [-0.3, -0.25) is 0 Å². The second-order valence-electron chi connectivity index (χ2n) is 4.52. The van der Waals surface area contributed by atoms with Crippen LogP contribution >= 0.6 is 11.6 Å². The van der Waals surface area contributed by atoms with E-state index in [-0.39, 0.29) is 11.9 Å². The highest BCUT2D eigenvalue weighted by Crippen LogP contribution is 2.27. The molecule has 3 heteroatoms. The van der Waals surface area contributed by atoms with E-state index in [1.165, 1.54) is 6.07 Å². The van der Waals surface area contributed by atoms with Gasteiger partial charge >= 0.3 is 0 Å². The van der Waals surface area contributed by atoms with Crippen molar-refractivity contribution in [2.75, 3.05) is 5.32 Å². The SMILES string of the molecule is CCCC(Nc1cc(Cl)ccc1F)c1ccccc1. The minimum absolute atomic E-state index is 0.0965. The maximum absolute atomic E-state index is 13.8. The molecule has 100 valence electrons. The number of anilines is 1. The molecule has 1 N–H and O–H groups in total. The van der Waals surface area contributed by atoms with Crippen LogP contribution in [0.15, 0.2) is 48.5 Å². The molecule has 19 heavy (non-hydrogen) atoms. The van der Waals surface area contributed by atoms with E-state index in [0.717, 1.165) is 18.4 Å². The summed E-state index contributed by atoms with van der Waals surface area (Å²) in [6.07, 6.45) is 1.96. The average Bonchev–Trinajstić information content (AvgIpc) is 2.43. The Labute approximate surface area is 118 Å². The Morgan fingerprint density at radius 2 is 1.89 bits per heavy atom. The monoisotopic (exact) mass is 277 g/mol. The van der Waals surface area contributed by atoms with Crippen LogP contribution in [-0.4, -0.2) is 0 Å². The highest BCUT2D eigenvalue weighted by molar-refractivity contribution is 6.30. The van der Waals surface area contributed by atoms with Crippen molar-refractivity contribution in [3.05, 3.63) is 64.9 Å². The molecule has 2 aromatic rings. The molecule has 1 atom stereocenters. The Hall–Kier alpha value is -1.54. The summed E-state index contributed by atoms with van der Waals surface area (Å²) in [5.74, 6) is -0.276. The summed E-state index contributed by atoms with van der Waals surface area (Å²) in [5.41, 5.74) is 1.61. The van der Waals surface area contributed by atoms with Crippen molar-refractivity contribution in [3.8, 4) is 0 Å². The van der Waals surface area contributed by atoms with Crippen LogP contribution in [0, 0.1) is 5.82 Å². The Morgan fingerprint density at radius 1 is 1.16 bits per heavy atom. The van der Waals surface area contributed by atoms with Gasteiger partial charge in [-0.15, -0.1) is 0 Å². The molecule has 0 saturated heterocycles. The van der Waals surface area contributed by atoms with Crippen molar-refractivity contribution in [1.82, 2.24) is 0 Å². The molecule has 0 bridgehead atoms. The summed E-state index contributed by atoms with van der Waals surface area (Å²) < 4.78 is 13.8. The van der Waals surface area contributed by atoms with Crippen molar-refractivity contribution in [1.29, 1.82) is 0 Å². The molecular weight excluding hydrogens is 261 g/mol. The number of halogens is 2. The fourth-order valence-electron chi connectivity index (χ4n) is 2.09. The lowest BCUT2D eigenvalue weighted by Crippen LogP contribution is -2.11. The molecule has 0 radical (unpaired) electrons. The average molecular weight is 278 g/mol. The largest absolute Gasteiger partial charge is 0.376 e. The van der Waals surface area contributed by atoms with E-state index in [2.05, 4.69) is 24.4 Å². The van der Waals surface area contributed by atoms with Gasteiger partial charge in [0.25, 0.3) is 0 Å². The van der Waals surface area contributed by atoms with Gasteiger partial charge in [-0.1, -0.05) is 55.3 Å². The van der Waals surface area contributed by atoms with Crippen LogP contribution in [0.3, 0.4) is 0 Å². The number of hydrogen-bond donors (Lipinski definition) is 1. The van der Waals surface area contributed by atoms with Crippen LogP contribution in [0.1, 0.15) is 31.4 Å². The molecule has 2 aromatic carbocycles. The molecule has 0 aromatic heterocycles. The van der Waals surface area contributed by atoms with Crippen LogP contribution in [-0.2, 0) is 0 Å². The standard InChI is InChI=1S/C16H17ClFN/c1-2-6-15(12-7-4-3-5-8-12)19-16-11-13(17)9-10-14(16)18/h3-5,7-11,15,19H,2,6H2,1H3. The highest BCUT2D eigenvalue weighted by Gasteiger charge is 2.12. The molecule has 2 rings (SSSR count). The minimum atomic E-state index is -0.276.